The molecule has 0 bridgehead atoms. The highest BCUT2D eigenvalue weighted by atomic mass is 16.6. The molecule has 2 atom stereocenters. The van der Waals surface area contributed by atoms with Crippen LogP contribution in [-0.4, -0.2) is 60.6 Å². The summed E-state index contributed by atoms with van der Waals surface area (Å²) >= 11 is 0. The SMILES string of the molecule is CC1=CC(=O)N(C2CCCN(CC3COc4ccccc4O3)C2)C1. The molecule has 1 aromatic carbocycles. The topological polar surface area (TPSA) is 42.0 Å². The minimum atomic E-state index is 0.0489. The zero-order valence-corrected chi connectivity index (χ0v) is 14.1. The number of piperidine rings is 1. The van der Waals surface area contributed by atoms with Crippen LogP contribution < -0.4 is 9.47 Å². The first kappa shape index (κ1) is 15.5. The number of rotatable bonds is 3. The van der Waals surface area contributed by atoms with Gasteiger partial charge in [-0.1, -0.05) is 12.1 Å². The molecule has 128 valence electrons. The van der Waals surface area contributed by atoms with Gasteiger partial charge in [-0.2, -0.15) is 0 Å². The van der Waals surface area contributed by atoms with Crippen LogP contribution in [-0.2, 0) is 4.79 Å². The number of para-hydroxylation sites is 2. The molecule has 2 unspecified atom stereocenters. The van der Waals surface area contributed by atoms with Crippen molar-refractivity contribution >= 4 is 5.91 Å². The van der Waals surface area contributed by atoms with Crippen molar-refractivity contribution in [3.63, 3.8) is 0 Å². The van der Waals surface area contributed by atoms with E-state index in [-0.39, 0.29) is 12.0 Å². The van der Waals surface area contributed by atoms with Crippen molar-refractivity contribution in [1.29, 1.82) is 0 Å². The number of likely N-dealkylation sites (tertiary alicyclic amines) is 1. The Kier molecular flexibility index (Phi) is 4.19. The van der Waals surface area contributed by atoms with Gasteiger partial charge in [0.25, 0.3) is 0 Å². The van der Waals surface area contributed by atoms with E-state index in [0.29, 0.717) is 12.6 Å². The second kappa shape index (κ2) is 6.48. The fourth-order valence-electron chi connectivity index (χ4n) is 3.89. The van der Waals surface area contributed by atoms with Gasteiger partial charge >= 0.3 is 0 Å². The van der Waals surface area contributed by atoms with Crippen LogP contribution in [0, 0.1) is 0 Å². The van der Waals surface area contributed by atoms with Gasteiger partial charge in [-0.15, -0.1) is 0 Å². The Hall–Kier alpha value is -2.01. The summed E-state index contributed by atoms with van der Waals surface area (Å²) in [5, 5.41) is 0. The molecule has 1 amide bonds. The molecule has 5 nitrogen and oxygen atoms in total. The van der Waals surface area contributed by atoms with Gasteiger partial charge in [0.2, 0.25) is 5.91 Å². The van der Waals surface area contributed by atoms with Gasteiger partial charge in [-0.05, 0) is 44.0 Å². The minimum Gasteiger partial charge on any atom is -0.486 e. The molecule has 0 N–H and O–H groups in total. The first-order valence-electron chi connectivity index (χ1n) is 8.77. The molecule has 24 heavy (non-hydrogen) atoms. The number of carbonyl (C=O) groups excluding carboxylic acids is 1. The predicted octanol–water partition coefficient (Wildman–Crippen LogP) is 2.08. The molecule has 3 aliphatic rings. The van der Waals surface area contributed by atoms with Crippen molar-refractivity contribution in [3.05, 3.63) is 35.9 Å². The van der Waals surface area contributed by atoms with E-state index in [1.165, 1.54) is 0 Å². The van der Waals surface area contributed by atoms with E-state index in [4.69, 9.17) is 9.47 Å². The van der Waals surface area contributed by atoms with E-state index in [9.17, 15) is 4.79 Å². The number of amides is 1. The monoisotopic (exact) mass is 328 g/mol. The zero-order valence-electron chi connectivity index (χ0n) is 14.1. The van der Waals surface area contributed by atoms with Gasteiger partial charge in [-0.3, -0.25) is 9.69 Å². The maximum Gasteiger partial charge on any atom is 0.247 e. The first-order valence-corrected chi connectivity index (χ1v) is 8.77. The maximum atomic E-state index is 12.1. The Morgan fingerprint density at radius 3 is 2.88 bits per heavy atom. The average molecular weight is 328 g/mol. The fraction of sp³-hybridized carbons (Fsp3) is 0.526. The Balaban J connectivity index is 1.35. The summed E-state index contributed by atoms with van der Waals surface area (Å²) in [6.45, 7) is 6.23. The summed E-state index contributed by atoms with van der Waals surface area (Å²) in [6, 6.07) is 8.14. The van der Waals surface area contributed by atoms with Gasteiger partial charge in [0, 0.05) is 31.8 Å². The second-order valence-electron chi connectivity index (χ2n) is 7.01. The number of fused-ring (bicyclic) bond motifs is 1. The van der Waals surface area contributed by atoms with E-state index in [2.05, 4.69) is 4.90 Å². The number of hydrogen-bond acceptors (Lipinski definition) is 4. The predicted molar refractivity (Wildman–Crippen MR) is 91.3 cm³/mol. The number of ether oxygens (including phenoxy) is 2. The average Bonchev–Trinajstić information content (AvgIpc) is 2.93. The van der Waals surface area contributed by atoms with Crippen LogP contribution in [0.1, 0.15) is 19.8 Å². The third kappa shape index (κ3) is 3.13. The Bertz CT molecular complexity index is 658. The van der Waals surface area contributed by atoms with Crippen LogP contribution in [0.5, 0.6) is 11.5 Å². The third-order valence-corrected chi connectivity index (χ3v) is 5.02. The lowest BCUT2D eigenvalue weighted by molar-refractivity contribution is -0.127. The van der Waals surface area contributed by atoms with E-state index >= 15 is 0 Å². The standard InChI is InChI=1S/C19H24N2O3/c1-14-9-19(22)21(10-14)15-5-4-8-20(11-15)12-16-13-23-17-6-2-3-7-18(17)24-16/h2-3,6-7,9,15-16H,4-5,8,10-13H2,1H3. The maximum absolute atomic E-state index is 12.1. The van der Waals surface area contributed by atoms with Gasteiger partial charge in [-0.25, -0.2) is 0 Å². The molecular formula is C19H24N2O3. The van der Waals surface area contributed by atoms with Crippen molar-refractivity contribution < 1.29 is 14.3 Å². The molecule has 1 fully saturated rings. The van der Waals surface area contributed by atoms with E-state index < -0.39 is 0 Å². The molecule has 5 heteroatoms. The lowest BCUT2D eigenvalue weighted by atomic mass is 10.0. The highest BCUT2D eigenvalue weighted by molar-refractivity contribution is 5.91. The Morgan fingerprint density at radius 2 is 2.08 bits per heavy atom. The highest BCUT2D eigenvalue weighted by Gasteiger charge is 2.32. The molecule has 0 aliphatic carbocycles. The highest BCUT2D eigenvalue weighted by Crippen LogP contribution is 2.31. The molecule has 0 aromatic heterocycles. The summed E-state index contributed by atoms with van der Waals surface area (Å²) in [7, 11) is 0. The molecular weight excluding hydrogens is 304 g/mol. The van der Waals surface area contributed by atoms with Crippen molar-refractivity contribution in [2.24, 2.45) is 0 Å². The summed E-state index contributed by atoms with van der Waals surface area (Å²) in [6.07, 6.45) is 4.03. The van der Waals surface area contributed by atoms with Crippen LogP contribution in [0.3, 0.4) is 0 Å². The van der Waals surface area contributed by atoms with Gasteiger partial charge in [0.1, 0.15) is 12.7 Å². The first-order chi connectivity index (χ1) is 11.7. The lowest BCUT2D eigenvalue weighted by Gasteiger charge is -2.39. The quantitative estimate of drug-likeness (QED) is 0.852. The summed E-state index contributed by atoms with van der Waals surface area (Å²) in [5.41, 5.74) is 1.16. The van der Waals surface area contributed by atoms with Gasteiger partial charge < -0.3 is 14.4 Å². The summed E-state index contributed by atoms with van der Waals surface area (Å²) in [5.74, 6) is 1.83. The van der Waals surface area contributed by atoms with Gasteiger partial charge in [0.15, 0.2) is 11.5 Å². The van der Waals surface area contributed by atoms with E-state index in [0.717, 1.165) is 56.1 Å². The van der Waals surface area contributed by atoms with Crippen LogP contribution in [0.4, 0.5) is 0 Å². The molecule has 1 saturated heterocycles. The van der Waals surface area contributed by atoms with Crippen LogP contribution in [0.15, 0.2) is 35.9 Å². The Labute approximate surface area is 142 Å². The smallest absolute Gasteiger partial charge is 0.247 e. The van der Waals surface area contributed by atoms with Crippen molar-refractivity contribution in [3.8, 4) is 11.5 Å². The van der Waals surface area contributed by atoms with Crippen molar-refractivity contribution in [1.82, 2.24) is 9.80 Å². The number of hydrogen-bond donors (Lipinski definition) is 0. The molecule has 3 heterocycles. The fourth-order valence-corrected chi connectivity index (χ4v) is 3.89. The van der Waals surface area contributed by atoms with Crippen LogP contribution >= 0.6 is 0 Å². The minimum absolute atomic E-state index is 0.0489. The van der Waals surface area contributed by atoms with E-state index in [1.54, 1.807) is 6.08 Å². The zero-order chi connectivity index (χ0) is 16.5. The van der Waals surface area contributed by atoms with Crippen LogP contribution in [0.25, 0.3) is 0 Å². The third-order valence-electron chi connectivity index (χ3n) is 5.02. The molecule has 1 aromatic rings. The van der Waals surface area contributed by atoms with Crippen LogP contribution in [0.2, 0.25) is 0 Å². The van der Waals surface area contributed by atoms with Crippen molar-refractivity contribution in [2.45, 2.75) is 31.9 Å². The summed E-state index contributed by atoms with van der Waals surface area (Å²) in [4.78, 5) is 16.5. The van der Waals surface area contributed by atoms with Gasteiger partial charge in [0.05, 0.1) is 0 Å². The molecule has 3 aliphatic heterocycles. The number of nitrogens with zero attached hydrogens (tertiary/aromatic N) is 2. The normalized spacial score (nSPS) is 27.3. The largest absolute Gasteiger partial charge is 0.486 e. The molecule has 0 radical (unpaired) electrons. The molecule has 0 spiro atoms. The molecule has 0 saturated carbocycles. The van der Waals surface area contributed by atoms with Crippen molar-refractivity contribution in [2.75, 3.05) is 32.8 Å². The number of carbonyl (C=O) groups is 1. The Morgan fingerprint density at radius 1 is 1.25 bits per heavy atom. The van der Waals surface area contributed by atoms with E-state index in [1.807, 2.05) is 36.1 Å². The lowest BCUT2D eigenvalue weighted by Crippen LogP contribution is -2.51. The molecule has 4 rings (SSSR count). The number of benzene rings is 1. The summed E-state index contributed by atoms with van der Waals surface area (Å²) < 4.78 is 11.9. The second-order valence-corrected chi connectivity index (χ2v) is 7.01.